The van der Waals surface area contributed by atoms with Crippen molar-refractivity contribution in [2.45, 2.75) is 33.3 Å². The van der Waals surface area contributed by atoms with Crippen molar-refractivity contribution in [1.82, 2.24) is 4.90 Å². The van der Waals surface area contributed by atoms with Gasteiger partial charge in [-0.05, 0) is 5.41 Å². The molecule has 0 aromatic rings. The molecule has 1 amide bonds. The number of nitrogens with two attached hydrogens (primary N) is 1. The molecule has 0 spiro atoms. The maximum absolute atomic E-state index is 11.9. The predicted molar refractivity (Wildman–Crippen MR) is 66.7 cm³/mol. The topological polar surface area (TPSA) is 55.6 Å². The van der Waals surface area contributed by atoms with E-state index in [0.717, 1.165) is 0 Å². The minimum Gasteiger partial charge on any atom is -0.373 e. The van der Waals surface area contributed by atoms with E-state index in [1.807, 2.05) is 4.90 Å². The highest BCUT2D eigenvalue weighted by molar-refractivity contribution is 5.85. The highest BCUT2D eigenvalue weighted by Gasteiger charge is 2.26. The third-order valence-electron chi connectivity index (χ3n) is 2.44. The quantitative estimate of drug-likeness (QED) is 0.797. The second-order valence-corrected chi connectivity index (χ2v) is 5.31. The molecule has 0 bridgehead atoms. The summed E-state index contributed by atoms with van der Waals surface area (Å²) in [7, 11) is 0. The lowest BCUT2D eigenvalue weighted by atomic mass is 9.91. The van der Waals surface area contributed by atoms with Crippen LogP contribution in [0.15, 0.2) is 0 Å². The Morgan fingerprint density at radius 3 is 2.62 bits per heavy atom. The molecule has 5 heteroatoms. The molecular formula is C11H23ClN2O2. The maximum atomic E-state index is 11.9. The molecule has 16 heavy (non-hydrogen) atoms. The molecule has 1 aliphatic heterocycles. The SMILES string of the molecule is CC(C)(C)CC(=O)N1CCOC(CN)C1.Cl. The molecule has 0 aromatic heterocycles. The van der Waals surface area contributed by atoms with E-state index in [2.05, 4.69) is 20.8 Å². The Labute approximate surface area is 104 Å². The second kappa shape index (κ2) is 6.42. The number of carbonyl (C=O) groups is 1. The van der Waals surface area contributed by atoms with Gasteiger partial charge in [0.15, 0.2) is 0 Å². The first-order chi connectivity index (χ1) is 6.92. The molecule has 0 radical (unpaired) electrons. The van der Waals surface area contributed by atoms with Crippen molar-refractivity contribution in [3.8, 4) is 0 Å². The Morgan fingerprint density at radius 2 is 2.12 bits per heavy atom. The molecule has 0 aliphatic carbocycles. The number of halogens is 1. The van der Waals surface area contributed by atoms with Gasteiger partial charge in [-0.3, -0.25) is 4.79 Å². The van der Waals surface area contributed by atoms with E-state index < -0.39 is 0 Å². The van der Waals surface area contributed by atoms with Crippen LogP contribution < -0.4 is 5.73 Å². The first-order valence-corrected chi connectivity index (χ1v) is 5.52. The number of amides is 1. The van der Waals surface area contributed by atoms with Gasteiger partial charge in [0.25, 0.3) is 0 Å². The van der Waals surface area contributed by atoms with Crippen LogP contribution in [-0.4, -0.2) is 43.2 Å². The van der Waals surface area contributed by atoms with E-state index in [4.69, 9.17) is 10.5 Å². The summed E-state index contributed by atoms with van der Waals surface area (Å²) in [4.78, 5) is 13.8. The Bertz CT molecular complexity index is 229. The largest absolute Gasteiger partial charge is 0.373 e. The third kappa shape index (κ3) is 5.14. The van der Waals surface area contributed by atoms with E-state index in [-0.39, 0.29) is 29.8 Å². The molecule has 1 unspecified atom stereocenters. The van der Waals surface area contributed by atoms with Gasteiger partial charge in [-0.25, -0.2) is 0 Å². The zero-order chi connectivity index (χ0) is 11.5. The number of rotatable bonds is 2. The fourth-order valence-corrected chi connectivity index (χ4v) is 1.65. The molecule has 2 N–H and O–H groups in total. The van der Waals surface area contributed by atoms with Crippen molar-refractivity contribution in [2.24, 2.45) is 11.1 Å². The Balaban J connectivity index is 0.00000225. The minimum atomic E-state index is 0. The molecule has 1 rings (SSSR count). The summed E-state index contributed by atoms with van der Waals surface area (Å²) in [5.74, 6) is 0.212. The van der Waals surface area contributed by atoms with Gasteiger partial charge >= 0.3 is 0 Å². The summed E-state index contributed by atoms with van der Waals surface area (Å²) >= 11 is 0. The summed E-state index contributed by atoms with van der Waals surface area (Å²) < 4.78 is 5.42. The number of hydrogen-bond donors (Lipinski definition) is 1. The summed E-state index contributed by atoms with van der Waals surface area (Å²) in [6.07, 6.45) is 0.604. The van der Waals surface area contributed by atoms with Crippen molar-refractivity contribution < 1.29 is 9.53 Å². The van der Waals surface area contributed by atoms with Crippen LogP contribution >= 0.6 is 12.4 Å². The average molecular weight is 251 g/mol. The van der Waals surface area contributed by atoms with Crippen LogP contribution in [0.1, 0.15) is 27.2 Å². The highest BCUT2D eigenvalue weighted by atomic mass is 35.5. The van der Waals surface area contributed by atoms with Gasteiger partial charge in [0, 0.05) is 26.1 Å². The van der Waals surface area contributed by atoms with E-state index >= 15 is 0 Å². The third-order valence-corrected chi connectivity index (χ3v) is 2.44. The van der Waals surface area contributed by atoms with Gasteiger partial charge < -0.3 is 15.4 Å². The Hall–Kier alpha value is -0.320. The summed E-state index contributed by atoms with van der Waals surface area (Å²) in [5.41, 5.74) is 5.58. The van der Waals surface area contributed by atoms with Gasteiger partial charge in [0.1, 0.15) is 0 Å². The van der Waals surface area contributed by atoms with Gasteiger partial charge in [-0.15, -0.1) is 12.4 Å². The van der Waals surface area contributed by atoms with Crippen molar-refractivity contribution in [1.29, 1.82) is 0 Å². The van der Waals surface area contributed by atoms with Crippen molar-refractivity contribution in [3.63, 3.8) is 0 Å². The van der Waals surface area contributed by atoms with Gasteiger partial charge in [0.2, 0.25) is 5.91 Å². The molecule has 1 fully saturated rings. The lowest BCUT2D eigenvalue weighted by Crippen LogP contribution is -2.48. The number of hydrogen-bond acceptors (Lipinski definition) is 3. The first kappa shape index (κ1) is 15.7. The zero-order valence-corrected chi connectivity index (χ0v) is 11.2. The van der Waals surface area contributed by atoms with Crippen LogP contribution in [0.3, 0.4) is 0 Å². The summed E-state index contributed by atoms with van der Waals surface area (Å²) in [5, 5.41) is 0. The van der Waals surface area contributed by atoms with Crippen LogP contribution in [0.25, 0.3) is 0 Å². The highest BCUT2D eigenvalue weighted by Crippen LogP contribution is 2.20. The minimum absolute atomic E-state index is 0. The van der Waals surface area contributed by atoms with Crippen LogP contribution in [0.2, 0.25) is 0 Å². The normalized spacial score (nSPS) is 21.5. The standard InChI is InChI=1S/C11H22N2O2.ClH/c1-11(2,3)6-10(14)13-4-5-15-9(7-12)8-13;/h9H,4-8,12H2,1-3H3;1H. The molecule has 4 nitrogen and oxygen atoms in total. The summed E-state index contributed by atoms with van der Waals surface area (Å²) in [6, 6.07) is 0. The van der Waals surface area contributed by atoms with Crippen molar-refractivity contribution in [2.75, 3.05) is 26.2 Å². The summed E-state index contributed by atoms with van der Waals surface area (Å²) in [6.45, 7) is 8.66. The number of carbonyl (C=O) groups excluding carboxylic acids is 1. The van der Waals surface area contributed by atoms with Crippen LogP contribution in [-0.2, 0) is 9.53 Å². The smallest absolute Gasteiger partial charge is 0.223 e. The monoisotopic (exact) mass is 250 g/mol. The number of nitrogens with zero attached hydrogens (tertiary/aromatic N) is 1. The molecule has 1 heterocycles. The molecule has 0 aromatic carbocycles. The van der Waals surface area contributed by atoms with E-state index in [1.54, 1.807) is 0 Å². The number of morpholine rings is 1. The number of ether oxygens (including phenoxy) is 1. The predicted octanol–water partition coefficient (Wildman–Crippen LogP) is 1.03. The molecule has 1 aliphatic rings. The van der Waals surface area contributed by atoms with E-state index in [1.165, 1.54) is 0 Å². The van der Waals surface area contributed by atoms with Crippen LogP contribution in [0.5, 0.6) is 0 Å². The van der Waals surface area contributed by atoms with Crippen LogP contribution in [0.4, 0.5) is 0 Å². The average Bonchev–Trinajstić information content (AvgIpc) is 2.15. The molecule has 0 saturated carbocycles. The van der Waals surface area contributed by atoms with Crippen molar-refractivity contribution >= 4 is 18.3 Å². The second-order valence-electron chi connectivity index (χ2n) is 5.31. The first-order valence-electron chi connectivity index (χ1n) is 5.52. The Morgan fingerprint density at radius 1 is 1.50 bits per heavy atom. The van der Waals surface area contributed by atoms with E-state index in [9.17, 15) is 4.79 Å². The lowest BCUT2D eigenvalue weighted by Gasteiger charge is -2.34. The lowest BCUT2D eigenvalue weighted by molar-refractivity contribution is -0.140. The van der Waals surface area contributed by atoms with E-state index in [0.29, 0.717) is 32.7 Å². The van der Waals surface area contributed by atoms with Crippen molar-refractivity contribution in [3.05, 3.63) is 0 Å². The molecule has 96 valence electrons. The zero-order valence-electron chi connectivity index (χ0n) is 10.4. The van der Waals surface area contributed by atoms with Gasteiger partial charge in [0.05, 0.1) is 12.7 Å². The van der Waals surface area contributed by atoms with Crippen LogP contribution in [0, 0.1) is 5.41 Å². The maximum Gasteiger partial charge on any atom is 0.223 e. The van der Waals surface area contributed by atoms with Gasteiger partial charge in [-0.1, -0.05) is 20.8 Å². The Kier molecular flexibility index (Phi) is 6.30. The van der Waals surface area contributed by atoms with Gasteiger partial charge in [-0.2, -0.15) is 0 Å². The molecule has 1 atom stereocenters. The molecule has 1 saturated heterocycles. The molecular weight excluding hydrogens is 228 g/mol. The fraction of sp³-hybridized carbons (Fsp3) is 0.909. The fourth-order valence-electron chi connectivity index (χ4n) is 1.65.